The number of rotatable bonds is 9. The maximum atomic E-state index is 12.5. The van der Waals surface area contributed by atoms with E-state index in [0.29, 0.717) is 26.1 Å². The van der Waals surface area contributed by atoms with Gasteiger partial charge in [0.15, 0.2) is 0 Å². The van der Waals surface area contributed by atoms with Crippen LogP contribution < -0.4 is 11.0 Å². The van der Waals surface area contributed by atoms with E-state index >= 15 is 0 Å². The summed E-state index contributed by atoms with van der Waals surface area (Å²) in [5, 5.41) is 2.94. The smallest absolute Gasteiger partial charge is 0.329 e. The molecule has 0 aliphatic heterocycles. The van der Waals surface area contributed by atoms with Crippen LogP contribution in [-0.2, 0) is 17.9 Å². The zero-order chi connectivity index (χ0) is 17.5. The number of carbonyl (C=O) groups excluding carboxylic acids is 1. The van der Waals surface area contributed by atoms with Crippen molar-refractivity contribution in [1.82, 2.24) is 19.4 Å². The molecule has 1 aromatic carbocycles. The molecule has 0 fully saturated rings. The van der Waals surface area contributed by atoms with Gasteiger partial charge in [-0.15, -0.1) is 0 Å². The first-order valence-electron chi connectivity index (χ1n) is 8.79. The predicted octanol–water partition coefficient (Wildman–Crippen LogP) is 1.67. The summed E-state index contributed by atoms with van der Waals surface area (Å²) in [6, 6.07) is 7.72. The molecule has 2 aromatic rings. The maximum absolute atomic E-state index is 12.5. The minimum absolute atomic E-state index is 0.0117. The lowest BCUT2D eigenvalue weighted by atomic mass is 10.3. The molecular weight excluding hydrogens is 304 g/mol. The monoisotopic (exact) mass is 332 g/mol. The fraction of sp³-hybridized carbons (Fsp3) is 0.556. The van der Waals surface area contributed by atoms with Crippen molar-refractivity contribution in [2.24, 2.45) is 0 Å². The highest BCUT2D eigenvalue weighted by atomic mass is 16.2. The molecule has 0 atom stereocenters. The van der Waals surface area contributed by atoms with Crippen molar-refractivity contribution in [2.75, 3.05) is 26.2 Å². The fourth-order valence-corrected chi connectivity index (χ4v) is 2.99. The van der Waals surface area contributed by atoms with Gasteiger partial charge in [-0.3, -0.25) is 13.9 Å². The molecule has 2 rings (SSSR count). The summed E-state index contributed by atoms with van der Waals surface area (Å²) in [4.78, 5) is 26.8. The number of carbonyl (C=O) groups is 1. The van der Waals surface area contributed by atoms with Crippen LogP contribution in [0.3, 0.4) is 0 Å². The number of nitrogens with one attached hydrogen (secondary N) is 1. The minimum Gasteiger partial charge on any atom is -0.355 e. The van der Waals surface area contributed by atoms with E-state index in [0.717, 1.165) is 30.7 Å². The highest BCUT2D eigenvalue weighted by Crippen LogP contribution is 2.12. The zero-order valence-corrected chi connectivity index (χ0v) is 14.9. The molecule has 6 nitrogen and oxygen atoms in total. The first-order valence-corrected chi connectivity index (χ1v) is 8.79. The third kappa shape index (κ3) is 4.06. The number of para-hydroxylation sites is 2. The van der Waals surface area contributed by atoms with Gasteiger partial charge in [0.2, 0.25) is 5.91 Å². The van der Waals surface area contributed by atoms with E-state index < -0.39 is 0 Å². The van der Waals surface area contributed by atoms with Gasteiger partial charge in [-0.05, 0) is 32.1 Å². The average molecular weight is 332 g/mol. The summed E-state index contributed by atoms with van der Waals surface area (Å²) >= 11 is 0. The average Bonchev–Trinajstić information content (AvgIpc) is 2.87. The number of amides is 1. The molecular formula is C18H28N4O2. The van der Waals surface area contributed by atoms with Crippen molar-refractivity contribution in [1.29, 1.82) is 0 Å². The number of benzene rings is 1. The van der Waals surface area contributed by atoms with E-state index in [9.17, 15) is 9.59 Å². The number of hydrogen-bond acceptors (Lipinski definition) is 3. The number of aromatic nitrogens is 2. The van der Waals surface area contributed by atoms with Gasteiger partial charge in [-0.1, -0.05) is 26.0 Å². The highest BCUT2D eigenvalue weighted by Gasteiger charge is 2.12. The molecule has 6 heteroatoms. The molecule has 1 amide bonds. The van der Waals surface area contributed by atoms with Crippen molar-refractivity contribution in [3.63, 3.8) is 0 Å². The van der Waals surface area contributed by atoms with E-state index in [1.165, 1.54) is 0 Å². The van der Waals surface area contributed by atoms with E-state index in [1.54, 1.807) is 9.13 Å². The molecule has 0 spiro atoms. The van der Waals surface area contributed by atoms with Gasteiger partial charge in [-0.2, -0.15) is 0 Å². The molecule has 0 aliphatic carbocycles. The van der Waals surface area contributed by atoms with Crippen LogP contribution in [-0.4, -0.2) is 46.1 Å². The molecule has 0 bridgehead atoms. The molecule has 0 aliphatic rings. The summed E-state index contributed by atoms with van der Waals surface area (Å²) < 4.78 is 3.44. The van der Waals surface area contributed by atoms with Crippen molar-refractivity contribution < 1.29 is 4.79 Å². The number of hydrogen-bond donors (Lipinski definition) is 1. The largest absolute Gasteiger partial charge is 0.355 e. The van der Waals surface area contributed by atoms with Crippen molar-refractivity contribution in [3.8, 4) is 0 Å². The summed E-state index contributed by atoms with van der Waals surface area (Å²) in [5.41, 5.74) is 1.77. The summed E-state index contributed by atoms with van der Waals surface area (Å²) in [5.74, 6) is -0.0117. The Morgan fingerprint density at radius 1 is 1.08 bits per heavy atom. The van der Waals surface area contributed by atoms with Crippen LogP contribution >= 0.6 is 0 Å². The zero-order valence-electron chi connectivity index (χ0n) is 14.9. The molecule has 0 unspecified atom stereocenters. The standard InChI is InChI=1S/C18H28N4O2/c1-4-20(5-2)14-12-19-17(23)11-13-22-16-10-8-7-9-15(16)21(6-3)18(22)24/h7-10H,4-6,11-14H2,1-3H3,(H,19,23). The number of likely N-dealkylation sites (N-methyl/N-ethyl adjacent to an activating group) is 1. The van der Waals surface area contributed by atoms with Gasteiger partial charge < -0.3 is 10.2 Å². The Kier molecular flexibility index (Phi) is 6.61. The van der Waals surface area contributed by atoms with Gasteiger partial charge in [0.05, 0.1) is 11.0 Å². The van der Waals surface area contributed by atoms with Crippen LogP contribution in [0, 0.1) is 0 Å². The fourth-order valence-electron chi connectivity index (χ4n) is 2.99. The van der Waals surface area contributed by atoms with Crippen LogP contribution in [0.2, 0.25) is 0 Å². The van der Waals surface area contributed by atoms with E-state index in [4.69, 9.17) is 0 Å². The molecule has 1 N–H and O–H groups in total. The second kappa shape index (κ2) is 8.68. The Balaban J connectivity index is 1.97. The molecule has 0 saturated heterocycles. The van der Waals surface area contributed by atoms with Crippen LogP contribution in [0.4, 0.5) is 0 Å². The summed E-state index contributed by atoms with van der Waals surface area (Å²) in [7, 11) is 0. The van der Waals surface area contributed by atoms with Crippen LogP contribution in [0.5, 0.6) is 0 Å². The molecule has 1 aromatic heterocycles. The molecule has 0 saturated carbocycles. The summed E-state index contributed by atoms with van der Waals surface area (Å²) in [6.07, 6.45) is 0.315. The van der Waals surface area contributed by atoms with Gasteiger partial charge >= 0.3 is 5.69 Å². The first kappa shape index (κ1) is 18.3. The minimum atomic E-state index is -0.0466. The third-order valence-electron chi connectivity index (χ3n) is 4.45. The van der Waals surface area contributed by atoms with Gasteiger partial charge in [0.25, 0.3) is 0 Å². The van der Waals surface area contributed by atoms with Crippen LogP contribution in [0.1, 0.15) is 27.2 Å². The lowest BCUT2D eigenvalue weighted by molar-refractivity contribution is -0.121. The number of nitrogens with zero attached hydrogens (tertiary/aromatic N) is 3. The molecule has 132 valence electrons. The Bertz CT molecular complexity index is 728. The van der Waals surface area contributed by atoms with E-state index in [1.807, 2.05) is 31.2 Å². The van der Waals surface area contributed by atoms with Crippen molar-refractivity contribution in [3.05, 3.63) is 34.7 Å². The Morgan fingerprint density at radius 2 is 1.71 bits per heavy atom. The van der Waals surface area contributed by atoms with Crippen LogP contribution in [0.25, 0.3) is 11.0 Å². The Morgan fingerprint density at radius 3 is 2.29 bits per heavy atom. The topological polar surface area (TPSA) is 59.3 Å². The normalized spacial score (nSPS) is 11.3. The maximum Gasteiger partial charge on any atom is 0.329 e. The van der Waals surface area contributed by atoms with Gasteiger partial charge in [-0.25, -0.2) is 4.79 Å². The van der Waals surface area contributed by atoms with E-state index in [-0.39, 0.29) is 11.6 Å². The SMILES string of the molecule is CCN(CC)CCNC(=O)CCn1c(=O)n(CC)c2ccccc21. The first-order chi connectivity index (χ1) is 11.6. The predicted molar refractivity (Wildman–Crippen MR) is 97.3 cm³/mol. The number of fused-ring (bicyclic) bond motifs is 1. The van der Waals surface area contributed by atoms with Crippen LogP contribution in [0.15, 0.2) is 29.1 Å². The lowest BCUT2D eigenvalue weighted by Crippen LogP contribution is -2.35. The highest BCUT2D eigenvalue weighted by molar-refractivity contribution is 5.77. The van der Waals surface area contributed by atoms with Gasteiger partial charge in [0.1, 0.15) is 0 Å². The summed E-state index contributed by atoms with van der Waals surface area (Å²) in [6.45, 7) is 10.7. The van der Waals surface area contributed by atoms with Gasteiger partial charge in [0, 0.05) is 32.6 Å². The molecule has 24 heavy (non-hydrogen) atoms. The van der Waals surface area contributed by atoms with E-state index in [2.05, 4.69) is 24.1 Å². The second-order valence-corrected chi connectivity index (χ2v) is 5.79. The quantitative estimate of drug-likeness (QED) is 0.760. The second-order valence-electron chi connectivity index (χ2n) is 5.79. The Hall–Kier alpha value is -2.08. The molecule has 0 radical (unpaired) electrons. The number of imidazole rings is 1. The van der Waals surface area contributed by atoms with Crippen molar-refractivity contribution >= 4 is 16.9 Å². The third-order valence-corrected chi connectivity index (χ3v) is 4.45. The van der Waals surface area contributed by atoms with Crippen molar-refractivity contribution in [2.45, 2.75) is 40.3 Å². The Labute approximate surface area is 143 Å². The molecule has 1 heterocycles. The number of aryl methyl sites for hydroxylation is 2. The lowest BCUT2D eigenvalue weighted by Gasteiger charge is -2.17.